The van der Waals surface area contributed by atoms with Gasteiger partial charge in [-0.15, -0.1) is 0 Å². The number of ether oxygens (including phenoxy) is 1. The van der Waals surface area contributed by atoms with E-state index < -0.39 is 22.8 Å². The Labute approximate surface area is 142 Å². The zero-order valence-corrected chi connectivity index (χ0v) is 13.3. The highest BCUT2D eigenvalue weighted by Crippen LogP contribution is 2.37. The molecular formula is C17H14F2N4O2. The van der Waals surface area contributed by atoms with Crippen LogP contribution in [-0.4, -0.2) is 11.6 Å². The predicted molar refractivity (Wildman–Crippen MR) is 86.7 cm³/mol. The molecule has 1 aromatic carbocycles. The Kier molecular flexibility index (Phi) is 5.35. The quantitative estimate of drug-likeness (QED) is 0.809. The van der Waals surface area contributed by atoms with Gasteiger partial charge >= 0.3 is 0 Å². The predicted octanol–water partition coefficient (Wildman–Crippen LogP) is 2.82. The van der Waals surface area contributed by atoms with Crippen LogP contribution in [0.15, 0.2) is 16.9 Å². The van der Waals surface area contributed by atoms with Gasteiger partial charge in [0.2, 0.25) is 0 Å². The molecule has 0 saturated carbocycles. The fraction of sp³-hybridized carbons (Fsp3) is 0.235. The number of aromatic nitrogens is 1. The van der Waals surface area contributed by atoms with E-state index in [-0.39, 0.29) is 34.9 Å². The number of hydrogen-bond acceptors (Lipinski definition) is 5. The molecule has 0 amide bonds. The molecule has 0 aliphatic carbocycles. The lowest BCUT2D eigenvalue weighted by molar-refractivity contribution is 0.294. The van der Waals surface area contributed by atoms with E-state index in [1.165, 1.54) is 0 Å². The van der Waals surface area contributed by atoms with Crippen LogP contribution < -0.4 is 16.0 Å². The second-order valence-corrected chi connectivity index (χ2v) is 5.18. The van der Waals surface area contributed by atoms with Crippen LogP contribution in [0.4, 0.5) is 14.6 Å². The van der Waals surface area contributed by atoms with Crippen molar-refractivity contribution < 1.29 is 13.5 Å². The number of nitrogens with two attached hydrogens (primary N) is 1. The molecule has 1 heterocycles. The molecular weight excluding hydrogens is 330 g/mol. The largest absolute Gasteiger partial charge is 0.490 e. The highest BCUT2D eigenvalue weighted by Gasteiger charge is 2.24. The number of nitrogen functional groups attached to an aromatic ring is 1. The molecule has 2 aromatic rings. The molecule has 0 saturated heterocycles. The number of pyridine rings is 1. The van der Waals surface area contributed by atoms with Crippen molar-refractivity contribution in [2.75, 3.05) is 12.3 Å². The number of nitriles is 2. The minimum atomic E-state index is -1.00. The summed E-state index contributed by atoms with van der Waals surface area (Å²) in [6.07, 6.45) is 1.40. The number of benzene rings is 1. The van der Waals surface area contributed by atoms with Gasteiger partial charge in [-0.2, -0.15) is 10.5 Å². The summed E-state index contributed by atoms with van der Waals surface area (Å²) in [4.78, 5) is 14.1. The molecule has 3 N–H and O–H groups in total. The summed E-state index contributed by atoms with van der Waals surface area (Å²) in [7, 11) is 0. The van der Waals surface area contributed by atoms with E-state index >= 15 is 0 Å². The second kappa shape index (κ2) is 7.45. The smallest absolute Gasteiger partial charge is 0.268 e. The van der Waals surface area contributed by atoms with Gasteiger partial charge in [0.05, 0.1) is 6.61 Å². The van der Waals surface area contributed by atoms with E-state index in [9.17, 15) is 24.1 Å². The van der Waals surface area contributed by atoms with Crippen molar-refractivity contribution in [3.8, 4) is 29.0 Å². The first-order valence-corrected chi connectivity index (χ1v) is 7.42. The number of H-pyrrole nitrogens is 1. The van der Waals surface area contributed by atoms with E-state index in [2.05, 4.69) is 4.98 Å². The molecule has 8 heteroatoms. The lowest BCUT2D eigenvalue weighted by Gasteiger charge is -2.15. The highest BCUT2D eigenvalue weighted by atomic mass is 19.1. The first-order valence-electron chi connectivity index (χ1n) is 7.42. The standard InChI is InChI=1S/C17H14F2N4O2/c1-2-3-4-25-15-10(5-9(18)6-13(15)19)14-11(7-20)16(22)23-17(24)12(14)8-21/h5-6H,2-4H2,1H3,(H3,22,23,24). The highest BCUT2D eigenvalue weighted by molar-refractivity contribution is 5.83. The van der Waals surface area contributed by atoms with Crippen LogP contribution in [0.5, 0.6) is 5.75 Å². The van der Waals surface area contributed by atoms with Gasteiger partial charge in [-0.05, 0) is 12.5 Å². The summed E-state index contributed by atoms with van der Waals surface area (Å²) >= 11 is 0. The Morgan fingerprint density at radius 3 is 2.52 bits per heavy atom. The van der Waals surface area contributed by atoms with Gasteiger partial charge in [0.15, 0.2) is 11.6 Å². The fourth-order valence-electron chi connectivity index (χ4n) is 2.32. The van der Waals surface area contributed by atoms with Gasteiger partial charge in [-0.1, -0.05) is 13.3 Å². The second-order valence-electron chi connectivity index (χ2n) is 5.18. The molecule has 1 aromatic heterocycles. The molecule has 0 aliphatic rings. The Morgan fingerprint density at radius 2 is 1.92 bits per heavy atom. The van der Waals surface area contributed by atoms with Crippen LogP contribution in [0.2, 0.25) is 0 Å². The maximum Gasteiger partial charge on any atom is 0.268 e. The first kappa shape index (κ1) is 18.0. The molecule has 0 unspecified atom stereocenters. The lowest BCUT2D eigenvalue weighted by atomic mass is 9.95. The van der Waals surface area contributed by atoms with Crippen molar-refractivity contribution in [3.63, 3.8) is 0 Å². The molecule has 0 atom stereocenters. The fourth-order valence-corrected chi connectivity index (χ4v) is 2.32. The Balaban J connectivity index is 2.85. The summed E-state index contributed by atoms with van der Waals surface area (Å²) in [5.74, 6) is -2.58. The number of nitrogens with one attached hydrogen (secondary N) is 1. The van der Waals surface area contributed by atoms with Crippen molar-refractivity contribution in [3.05, 3.63) is 45.2 Å². The average molecular weight is 344 g/mol. The van der Waals surface area contributed by atoms with Crippen molar-refractivity contribution in [2.24, 2.45) is 0 Å². The number of anilines is 1. The van der Waals surface area contributed by atoms with Crippen LogP contribution in [0.3, 0.4) is 0 Å². The van der Waals surface area contributed by atoms with Crippen LogP contribution in [0.25, 0.3) is 11.1 Å². The third-order valence-electron chi connectivity index (χ3n) is 3.49. The molecule has 0 spiro atoms. The van der Waals surface area contributed by atoms with E-state index in [1.807, 2.05) is 6.92 Å². The molecule has 128 valence electrons. The summed E-state index contributed by atoms with van der Waals surface area (Å²) in [6, 6.07) is 4.93. The number of halogens is 2. The van der Waals surface area contributed by atoms with Crippen LogP contribution >= 0.6 is 0 Å². The number of unbranched alkanes of at least 4 members (excludes halogenated alkanes) is 1. The maximum atomic E-state index is 14.2. The molecule has 0 radical (unpaired) electrons. The molecule has 0 fully saturated rings. The third-order valence-corrected chi connectivity index (χ3v) is 3.49. The SMILES string of the molecule is CCCCOc1c(F)cc(F)cc1-c1c(C#N)c(N)[nH]c(=O)c1C#N. The minimum absolute atomic E-state index is 0.147. The van der Waals surface area contributed by atoms with Crippen LogP contribution in [0.1, 0.15) is 30.9 Å². The summed E-state index contributed by atoms with van der Waals surface area (Å²) in [5, 5.41) is 18.6. The normalized spacial score (nSPS) is 10.1. The molecule has 0 aliphatic heterocycles. The summed E-state index contributed by atoms with van der Waals surface area (Å²) in [5.41, 5.74) is 3.56. The molecule has 0 bridgehead atoms. The monoisotopic (exact) mass is 344 g/mol. The van der Waals surface area contributed by atoms with E-state index in [4.69, 9.17) is 10.5 Å². The van der Waals surface area contributed by atoms with E-state index in [0.29, 0.717) is 12.5 Å². The number of aromatic amines is 1. The third kappa shape index (κ3) is 3.43. The van der Waals surface area contributed by atoms with Gasteiger partial charge in [0.1, 0.15) is 34.9 Å². The van der Waals surface area contributed by atoms with Crippen molar-refractivity contribution >= 4 is 5.82 Å². The maximum absolute atomic E-state index is 14.2. The molecule has 6 nitrogen and oxygen atoms in total. The topological polar surface area (TPSA) is 116 Å². The average Bonchev–Trinajstić information content (AvgIpc) is 2.56. The van der Waals surface area contributed by atoms with Crippen LogP contribution in [0, 0.1) is 34.3 Å². The van der Waals surface area contributed by atoms with Crippen LogP contribution in [-0.2, 0) is 0 Å². The van der Waals surface area contributed by atoms with Crippen molar-refractivity contribution in [2.45, 2.75) is 19.8 Å². The molecule has 2 rings (SSSR count). The lowest BCUT2D eigenvalue weighted by Crippen LogP contribution is -2.17. The number of rotatable bonds is 5. The Bertz CT molecular complexity index is 955. The van der Waals surface area contributed by atoms with Crippen molar-refractivity contribution in [1.29, 1.82) is 10.5 Å². The van der Waals surface area contributed by atoms with Crippen molar-refractivity contribution in [1.82, 2.24) is 4.98 Å². The van der Waals surface area contributed by atoms with Gasteiger partial charge in [-0.3, -0.25) is 4.79 Å². The zero-order valence-electron chi connectivity index (χ0n) is 13.3. The number of hydrogen-bond donors (Lipinski definition) is 2. The van der Waals surface area contributed by atoms with E-state index in [0.717, 1.165) is 12.5 Å². The summed E-state index contributed by atoms with van der Waals surface area (Å²) in [6.45, 7) is 2.05. The Morgan fingerprint density at radius 1 is 1.24 bits per heavy atom. The number of nitrogens with zero attached hydrogens (tertiary/aromatic N) is 2. The van der Waals surface area contributed by atoms with Gasteiger partial charge in [-0.25, -0.2) is 8.78 Å². The van der Waals surface area contributed by atoms with Gasteiger partial charge < -0.3 is 15.5 Å². The Hall–Kier alpha value is -3.39. The van der Waals surface area contributed by atoms with Gasteiger partial charge in [0.25, 0.3) is 5.56 Å². The summed E-state index contributed by atoms with van der Waals surface area (Å²) < 4.78 is 33.4. The molecule has 25 heavy (non-hydrogen) atoms. The van der Waals surface area contributed by atoms with E-state index in [1.54, 1.807) is 12.1 Å². The van der Waals surface area contributed by atoms with Gasteiger partial charge in [0, 0.05) is 17.2 Å². The zero-order chi connectivity index (χ0) is 18.6. The minimum Gasteiger partial charge on any atom is -0.490 e. The first-order chi connectivity index (χ1) is 11.9.